The van der Waals surface area contributed by atoms with Crippen molar-refractivity contribution in [3.05, 3.63) is 79.4 Å². The number of hydrogen-bond donors (Lipinski definition) is 3. The number of rotatable bonds is 12. The standard InChI is InChI=1S/C19H28ClNO3Si.C13H14ClNO3/c1-13-14(8-9-16(21-5)17(13)20)12-15(18(22)23)10-11-24-25(6,7)19(2,3)4;1-8-9(3-4-11(15-2)12(8)14)7-10(5-6-16)13(17)18/h8-9,15H,10-12H2,1-4,6-7H3,(H,22,23);3-4,10,16H,5-7H2,1H3,(H,17,18)/t15-;10-/m00/s1. The molecular formula is C32H42Cl2N2O6Si. The van der Waals surface area contributed by atoms with Crippen LogP contribution in [-0.4, -0.2) is 48.8 Å². The Morgan fingerprint density at radius 3 is 1.58 bits per heavy atom. The Kier molecular flexibility index (Phi) is 14.9. The van der Waals surface area contributed by atoms with Gasteiger partial charge in [-0.15, -0.1) is 0 Å². The van der Waals surface area contributed by atoms with E-state index >= 15 is 0 Å². The summed E-state index contributed by atoms with van der Waals surface area (Å²) in [5.74, 6) is -2.93. The lowest BCUT2D eigenvalue weighted by molar-refractivity contribution is -0.143. The van der Waals surface area contributed by atoms with Crippen LogP contribution < -0.4 is 0 Å². The van der Waals surface area contributed by atoms with Crippen molar-refractivity contribution in [1.82, 2.24) is 0 Å². The molecule has 3 N–H and O–H groups in total. The average Bonchev–Trinajstić information content (AvgIpc) is 2.92. The van der Waals surface area contributed by atoms with Gasteiger partial charge in [0, 0.05) is 13.2 Å². The Balaban J connectivity index is 0.000000453. The monoisotopic (exact) mass is 648 g/mol. The van der Waals surface area contributed by atoms with Crippen LogP contribution in [-0.2, 0) is 26.9 Å². The van der Waals surface area contributed by atoms with Gasteiger partial charge in [-0.1, -0.05) is 68.2 Å². The van der Waals surface area contributed by atoms with Crippen LogP contribution in [0.25, 0.3) is 9.69 Å². The van der Waals surface area contributed by atoms with E-state index in [1.165, 1.54) is 0 Å². The SMILES string of the molecule is [C-]#[N+]c1ccc(C[C@H](CCO)C(=O)O)c(C)c1Cl.[C-]#[N+]c1ccc(C[C@H](CCO[Si](C)(C)C(C)(C)C)C(=O)O)c(C)c1Cl. The zero-order chi connectivity index (χ0) is 33.1. The molecule has 0 aliphatic heterocycles. The summed E-state index contributed by atoms with van der Waals surface area (Å²) >= 11 is 12.2. The van der Waals surface area contributed by atoms with E-state index in [0.717, 1.165) is 22.3 Å². The fraction of sp³-hybridized carbons (Fsp3) is 0.500. The van der Waals surface area contributed by atoms with Gasteiger partial charge < -0.3 is 19.7 Å². The highest BCUT2D eigenvalue weighted by molar-refractivity contribution is 6.74. The third kappa shape index (κ3) is 10.9. The number of aliphatic carboxylic acids is 2. The van der Waals surface area contributed by atoms with Crippen LogP contribution in [0.3, 0.4) is 0 Å². The first-order valence-electron chi connectivity index (χ1n) is 13.9. The predicted molar refractivity (Wildman–Crippen MR) is 174 cm³/mol. The predicted octanol–water partition coefficient (Wildman–Crippen LogP) is 8.68. The first-order valence-corrected chi connectivity index (χ1v) is 17.6. The van der Waals surface area contributed by atoms with Gasteiger partial charge in [0.05, 0.1) is 35.0 Å². The highest BCUT2D eigenvalue weighted by atomic mass is 35.5. The molecule has 0 amide bonds. The summed E-state index contributed by atoms with van der Waals surface area (Å²) in [6.07, 6.45) is 1.36. The van der Waals surface area contributed by atoms with E-state index in [4.69, 9.17) is 51.0 Å². The molecule has 0 aliphatic carbocycles. The van der Waals surface area contributed by atoms with Crippen LogP contribution >= 0.6 is 23.2 Å². The van der Waals surface area contributed by atoms with Crippen LogP contribution in [0.4, 0.5) is 11.4 Å². The van der Waals surface area contributed by atoms with Crippen LogP contribution in [0.1, 0.15) is 55.9 Å². The van der Waals surface area contributed by atoms with E-state index in [-0.39, 0.29) is 18.1 Å². The normalized spacial score (nSPS) is 12.7. The lowest BCUT2D eigenvalue weighted by Crippen LogP contribution is -2.41. The first-order chi connectivity index (χ1) is 19.9. The van der Waals surface area contributed by atoms with Crippen molar-refractivity contribution >= 4 is 54.8 Å². The third-order valence-corrected chi connectivity index (χ3v) is 13.5. The summed E-state index contributed by atoms with van der Waals surface area (Å²) in [5, 5.41) is 28.3. The van der Waals surface area contributed by atoms with E-state index in [2.05, 4.69) is 43.6 Å². The molecule has 43 heavy (non-hydrogen) atoms. The molecule has 2 rings (SSSR count). The van der Waals surface area contributed by atoms with Crippen LogP contribution in [0.5, 0.6) is 0 Å². The summed E-state index contributed by atoms with van der Waals surface area (Å²) in [6.45, 7) is 28.7. The summed E-state index contributed by atoms with van der Waals surface area (Å²) < 4.78 is 6.11. The van der Waals surface area contributed by atoms with Gasteiger partial charge in [-0.3, -0.25) is 9.59 Å². The van der Waals surface area contributed by atoms with Crippen LogP contribution in [0, 0.1) is 38.8 Å². The number of aliphatic hydroxyl groups is 1. The molecule has 2 aromatic carbocycles. The Hall–Kier alpha value is -2.92. The molecule has 0 unspecified atom stereocenters. The number of nitrogens with zero attached hydrogens (tertiary/aromatic N) is 2. The number of carboxylic acid groups (broad SMARTS) is 2. The molecule has 8 nitrogen and oxygen atoms in total. The minimum absolute atomic E-state index is 0.103. The Morgan fingerprint density at radius 1 is 0.860 bits per heavy atom. The molecule has 11 heteroatoms. The molecule has 2 aromatic rings. The van der Waals surface area contributed by atoms with Crippen molar-refractivity contribution in [2.24, 2.45) is 11.8 Å². The van der Waals surface area contributed by atoms with Crippen molar-refractivity contribution in [3.63, 3.8) is 0 Å². The smallest absolute Gasteiger partial charge is 0.306 e. The molecule has 0 aliphatic rings. The second kappa shape index (κ2) is 16.8. The molecule has 234 valence electrons. The second-order valence-corrected chi connectivity index (χ2v) is 17.5. The Bertz CT molecular complexity index is 1380. The molecule has 0 aromatic heterocycles. The summed E-state index contributed by atoms with van der Waals surface area (Å²) in [5.41, 5.74) is 3.95. The zero-order valence-corrected chi connectivity index (χ0v) is 28.4. The van der Waals surface area contributed by atoms with Crippen molar-refractivity contribution in [1.29, 1.82) is 0 Å². The summed E-state index contributed by atoms with van der Waals surface area (Å²) in [6, 6.07) is 6.78. The van der Waals surface area contributed by atoms with Crippen molar-refractivity contribution in [2.45, 2.75) is 78.4 Å². The highest BCUT2D eigenvalue weighted by Crippen LogP contribution is 2.37. The number of carboxylic acids is 2. The van der Waals surface area contributed by atoms with Gasteiger partial charge in [0.25, 0.3) is 0 Å². The van der Waals surface area contributed by atoms with Crippen LogP contribution in [0.15, 0.2) is 24.3 Å². The lowest BCUT2D eigenvalue weighted by atomic mass is 9.93. The molecule has 0 spiro atoms. The first kappa shape index (κ1) is 38.1. The Labute approximate surface area is 266 Å². The van der Waals surface area contributed by atoms with Gasteiger partial charge in [0.2, 0.25) is 11.4 Å². The van der Waals surface area contributed by atoms with E-state index < -0.39 is 32.1 Å². The quantitative estimate of drug-likeness (QED) is 0.157. The van der Waals surface area contributed by atoms with Crippen molar-refractivity contribution < 1.29 is 29.3 Å². The summed E-state index contributed by atoms with van der Waals surface area (Å²) in [7, 11) is -1.88. The average molecular weight is 650 g/mol. The fourth-order valence-electron chi connectivity index (χ4n) is 4.02. The van der Waals surface area contributed by atoms with E-state index in [1.54, 1.807) is 31.2 Å². The topological polar surface area (TPSA) is 113 Å². The highest BCUT2D eigenvalue weighted by Gasteiger charge is 2.37. The minimum atomic E-state index is -1.88. The third-order valence-electron chi connectivity index (χ3n) is 8.04. The molecule has 0 saturated carbocycles. The largest absolute Gasteiger partial charge is 0.481 e. The van der Waals surface area contributed by atoms with Gasteiger partial charge in [-0.05, 0) is 79.9 Å². The maximum atomic E-state index is 11.6. The minimum Gasteiger partial charge on any atom is -0.481 e. The second-order valence-electron chi connectivity index (χ2n) is 12.0. The molecule has 2 atom stereocenters. The molecule has 0 bridgehead atoms. The summed E-state index contributed by atoms with van der Waals surface area (Å²) in [4.78, 5) is 29.3. The van der Waals surface area contributed by atoms with Gasteiger partial charge in [0.15, 0.2) is 8.32 Å². The van der Waals surface area contributed by atoms with Crippen molar-refractivity contribution in [2.75, 3.05) is 13.2 Å². The molecule has 0 fully saturated rings. The number of hydrogen-bond acceptors (Lipinski definition) is 4. The molecule has 0 radical (unpaired) electrons. The van der Waals surface area contributed by atoms with Gasteiger partial charge in [-0.25, -0.2) is 9.69 Å². The number of halogens is 2. The lowest BCUT2D eigenvalue weighted by Gasteiger charge is -2.36. The van der Waals surface area contributed by atoms with Gasteiger partial charge >= 0.3 is 11.9 Å². The Morgan fingerprint density at radius 2 is 1.26 bits per heavy atom. The number of benzene rings is 2. The molecular weight excluding hydrogens is 607 g/mol. The maximum Gasteiger partial charge on any atom is 0.306 e. The maximum absolute atomic E-state index is 11.6. The van der Waals surface area contributed by atoms with E-state index in [9.17, 15) is 14.7 Å². The zero-order valence-electron chi connectivity index (χ0n) is 25.9. The number of carbonyl (C=O) groups is 2. The van der Waals surface area contributed by atoms with Crippen LogP contribution in [0.2, 0.25) is 28.2 Å². The number of aliphatic hydroxyl groups excluding tert-OH is 1. The fourth-order valence-corrected chi connectivity index (χ4v) is 5.54. The van der Waals surface area contributed by atoms with E-state index in [0.29, 0.717) is 47.3 Å². The molecule has 0 saturated heterocycles. The van der Waals surface area contributed by atoms with E-state index in [1.807, 2.05) is 6.92 Å². The molecule has 0 heterocycles. The van der Waals surface area contributed by atoms with Gasteiger partial charge in [-0.2, -0.15) is 0 Å². The van der Waals surface area contributed by atoms with Crippen molar-refractivity contribution in [3.8, 4) is 0 Å². The van der Waals surface area contributed by atoms with Gasteiger partial charge in [0.1, 0.15) is 0 Å².